The lowest BCUT2D eigenvalue weighted by molar-refractivity contribution is -0.641. The van der Waals surface area contributed by atoms with Crippen LogP contribution in [0.5, 0.6) is 11.5 Å². The van der Waals surface area contributed by atoms with Crippen molar-refractivity contribution in [1.82, 2.24) is 10.1 Å². The van der Waals surface area contributed by atoms with Crippen molar-refractivity contribution in [2.75, 3.05) is 18.9 Å². The number of hydrogen-bond donors (Lipinski definition) is 1. The number of nitrogens with zero attached hydrogens (tertiary/aromatic N) is 3. The second-order valence-electron chi connectivity index (χ2n) is 3.50. The number of benzene rings is 1. The first-order valence-electron chi connectivity index (χ1n) is 5.62. The van der Waals surface area contributed by atoms with Gasteiger partial charge >= 0.3 is 0 Å². The third kappa shape index (κ3) is 2.20. The number of hydrogen-bond acceptors (Lipinski definition) is 6. The zero-order valence-electron chi connectivity index (χ0n) is 10.2. The Labute approximate surface area is 104 Å². The molecule has 0 radical (unpaired) electrons. The van der Waals surface area contributed by atoms with Crippen LogP contribution < -0.4 is 20.1 Å². The van der Waals surface area contributed by atoms with Crippen molar-refractivity contribution in [1.29, 1.82) is 0 Å². The molecule has 0 aliphatic carbocycles. The molecule has 0 aliphatic rings. The second-order valence-corrected chi connectivity index (χ2v) is 3.50. The molecule has 1 aromatic carbocycles. The molecule has 1 aromatic heterocycles. The summed E-state index contributed by atoms with van der Waals surface area (Å²) in [6.45, 7) is 4.68. The summed E-state index contributed by atoms with van der Waals surface area (Å²) in [5, 5.41) is 15.1. The first-order valence-corrected chi connectivity index (χ1v) is 5.62. The Bertz CT molecular complexity index is 574. The van der Waals surface area contributed by atoms with Gasteiger partial charge in [-0.1, -0.05) is 0 Å². The molecule has 2 aromatic rings. The molecule has 0 fully saturated rings. The Morgan fingerprint density at radius 1 is 1.22 bits per heavy atom. The third-order valence-electron chi connectivity index (χ3n) is 2.27. The van der Waals surface area contributed by atoms with Gasteiger partial charge in [0.05, 0.1) is 24.4 Å². The molecule has 0 unspecified atom stereocenters. The highest BCUT2D eigenvalue weighted by Gasteiger charge is 2.15. The first-order chi connectivity index (χ1) is 8.65. The van der Waals surface area contributed by atoms with Gasteiger partial charge in [0.25, 0.3) is 11.5 Å². The first kappa shape index (κ1) is 12.2. The SMILES string of the molecule is CCOc1cc2nc(N)n[n+]([O-])c2cc1OCC. The smallest absolute Gasteiger partial charge is 0.288 e. The third-order valence-corrected chi connectivity index (χ3v) is 2.27. The molecule has 0 spiro atoms. The van der Waals surface area contributed by atoms with Crippen molar-refractivity contribution in [3.63, 3.8) is 0 Å². The molecule has 0 saturated carbocycles. The number of ether oxygens (including phenoxy) is 2. The van der Waals surface area contributed by atoms with Crippen molar-refractivity contribution in [3.05, 3.63) is 17.3 Å². The highest BCUT2D eigenvalue weighted by atomic mass is 16.5. The van der Waals surface area contributed by atoms with Gasteiger partial charge in [0.2, 0.25) is 0 Å². The Kier molecular flexibility index (Phi) is 3.31. The average Bonchev–Trinajstić information content (AvgIpc) is 2.31. The molecule has 0 saturated heterocycles. The van der Waals surface area contributed by atoms with E-state index in [4.69, 9.17) is 15.2 Å². The van der Waals surface area contributed by atoms with Gasteiger partial charge in [-0.05, 0) is 18.7 Å². The van der Waals surface area contributed by atoms with Gasteiger partial charge in [-0.25, -0.2) is 4.98 Å². The van der Waals surface area contributed by atoms with Crippen molar-refractivity contribution >= 4 is 17.0 Å². The fraction of sp³-hybridized carbons (Fsp3) is 0.364. The summed E-state index contributed by atoms with van der Waals surface area (Å²) in [5.41, 5.74) is 6.14. The molecule has 96 valence electrons. The zero-order valence-corrected chi connectivity index (χ0v) is 10.2. The minimum atomic E-state index is -0.0795. The van der Waals surface area contributed by atoms with Crippen LogP contribution >= 0.6 is 0 Å². The maximum atomic E-state index is 11.6. The molecule has 2 rings (SSSR count). The minimum Gasteiger partial charge on any atom is -0.594 e. The lowest BCUT2D eigenvalue weighted by Gasteiger charge is -2.10. The van der Waals surface area contributed by atoms with Gasteiger partial charge in [-0.2, -0.15) is 0 Å². The molecule has 7 heteroatoms. The summed E-state index contributed by atoms with van der Waals surface area (Å²) in [7, 11) is 0. The predicted molar refractivity (Wildman–Crippen MR) is 65.2 cm³/mol. The minimum absolute atomic E-state index is 0.0795. The average molecular weight is 250 g/mol. The van der Waals surface area contributed by atoms with Crippen molar-refractivity contribution in [3.8, 4) is 11.5 Å². The zero-order chi connectivity index (χ0) is 13.1. The normalized spacial score (nSPS) is 10.6. The van der Waals surface area contributed by atoms with Crippen LogP contribution in [0.2, 0.25) is 0 Å². The molecule has 0 aliphatic heterocycles. The maximum Gasteiger partial charge on any atom is 0.288 e. The summed E-state index contributed by atoms with van der Waals surface area (Å²) >= 11 is 0. The summed E-state index contributed by atoms with van der Waals surface area (Å²) in [4.78, 5) is 4.42. The second kappa shape index (κ2) is 4.91. The summed E-state index contributed by atoms with van der Waals surface area (Å²) < 4.78 is 10.9. The van der Waals surface area contributed by atoms with E-state index in [0.29, 0.717) is 35.1 Å². The van der Waals surface area contributed by atoms with E-state index in [0.717, 1.165) is 0 Å². The predicted octanol–water partition coefficient (Wildman–Crippen LogP) is 0.643. The van der Waals surface area contributed by atoms with Gasteiger partial charge < -0.3 is 20.4 Å². The van der Waals surface area contributed by atoms with E-state index in [-0.39, 0.29) is 11.5 Å². The van der Waals surface area contributed by atoms with Gasteiger partial charge in [-0.15, -0.1) is 0 Å². The summed E-state index contributed by atoms with van der Waals surface area (Å²) in [5.74, 6) is 0.943. The van der Waals surface area contributed by atoms with E-state index in [1.807, 2.05) is 13.8 Å². The molecule has 0 amide bonds. The number of nitrogens with two attached hydrogens (primary N) is 1. The number of nitrogen functional groups attached to an aromatic ring is 1. The number of anilines is 1. The summed E-state index contributed by atoms with van der Waals surface area (Å²) in [6.07, 6.45) is 0. The fourth-order valence-electron chi connectivity index (χ4n) is 1.61. The molecular formula is C11H14N4O3. The largest absolute Gasteiger partial charge is 0.594 e. The molecule has 0 atom stereocenters. The van der Waals surface area contributed by atoms with Gasteiger partial charge in [0.1, 0.15) is 5.52 Å². The van der Waals surface area contributed by atoms with Crippen LogP contribution in [0.1, 0.15) is 13.8 Å². The van der Waals surface area contributed by atoms with E-state index >= 15 is 0 Å². The summed E-state index contributed by atoms with van der Waals surface area (Å²) in [6, 6.07) is 3.17. The topological polar surface area (TPSA) is 97.2 Å². The number of fused-ring (bicyclic) bond motifs is 1. The van der Waals surface area contributed by atoms with Crippen molar-refractivity contribution < 1.29 is 14.3 Å². The lowest BCUT2D eigenvalue weighted by Crippen LogP contribution is -2.33. The van der Waals surface area contributed by atoms with E-state index < -0.39 is 0 Å². The van der Waals surface area contributed by atoms with Crippen LogP contribution in [0.15, 0.2) is 12.1 Å². The van der Waals surface area contributed by atoms with Crippen molar-refractivity contribution in [2.45, 2.75) is 13.8 Å². The standard InChI is InChI=1S/C11H14N4O3/c1-3-17-9-5-7-8(6-10(9)18-4-2)15(16)14-11(12)13-7/h5-6H,3-4H2,1-2H3,(H2,12,13,14). The lowest BCUT2D eigenvalue weighted by atomic mass is 10.2. The Morgan fingerprint density at radius 3 is 2.44 bits per heavy atom. The van der Waals surface area contributed by atoms with E-state index in [9.17, 15) is 5.21 Å². The quantitative estimate of drug-likeness (QED) is 0.631. The van der Waals surface area contributed by atoms with Crippen LogP contribution in [-0.4, -0.2) is 23.3 Å². The molecule has 7 nitrogen and oxygen atoms in total. The van der Waals surface area contributed by atoms with E-state index in [1.165, 1.54) is 0 Å². The van der Waals surface area contributed by atoms with Gasteiger partial charge in [0, 0.05) is 6.07 Å². The number of aromatic nitrogens is 3. The van der Waals surface area contributed by atoms with Gasteiger partial charge in [-0.3, -0.25) is 0 Å². The van der Waals surface area contributed by atoms with Crippen molar-refractivity contribution in [2.24, 2.45) is 0 Å². The van der Waals surface area contributed by atoms with Crippen LogP contribution in [0.3, 0.4) is 0 Å². The Hall–Kier alpha value is -2.31. The highest BCUT2D eigenvalue weighted by molar-refractivity contribution is 5.76. The monoisotopic (exact) mass is 250 g/mol. The van der Waals surface area contributed by atoms with Crippen LogP contribution in [-0.2, 0) is 0 Å². The van der Waals surface area contributed by atoms with E-state index in [2.05, 4.69) is 10.1 Å². The Morgan fingerprint density at radius 2 is 1.83 bits per heavy atom. The molecule has 18 heavy (non-hydrogen) atoms. The van der Waals surface area contributed by atoms with Crippen LogP contribution in [0.25, 0.3) is 11.0 Å². The Balaban J connectivity index is 2.63. The molecule has 2 N–H and O–H groups in total. The maximum absolute atomic E-state index is 11.6. The molecule has 0 bridgehead atoms. The van der Waals surface area contributed by atoms with Gasteiger partial charge in [0.15, 0.2) is 11.5 Å². The number of rotatable bonds is 4. The highest BCUT2D eigenvalue weighted by Crippen LogP contribution is 2.30. The fourth-order valence-corrected chi connectivity index (χ4v) is 1.61. The molecule has 1 heterocycles. The molecular weight excluding hydrogens is 236 g/mol. The van der Waals surface area contributed by atoms with Crippen LogP contribution in [0.4, 0.5) is 5.95 Å². The van der Waals surface area contributed by atoms with Crippen LogP contribution in [0, 0.1) is 5.21 Å². The van der Waals surface area contributed by atoms with E-state index in [1.54, 1.807) is 12.1 Å².